The zero-order valence-corrected chi connectivity index (χ0v) is 12.9. The lowest BCUT2D eigenvalue weighted by molar-refractivity contribution is 0.0951. The largest absolute Gasteiger partial charge is 0.377 e. The van der Waals surface area contributed by atoms with Crippen molar-refractivity contribution in [3.63, 3.8) is 0 Å². The Hall–Kier alpha value is -1.07. The first-order valence-corrected chi connectivity index (χ1v) is 6.61. The summed E-state index contributed by atoms with van der Waals surface area (Å²) in [6.07, 6.45) is 0. The summed E-state index contributed by atoms with van der Waals surface area (Å²) in [5.74, 6) is -0.0342. The minimum atomic E-state index is -0.0342. The molecule has 1 amide bonds. The van der Waals surface area contributed by atoms with Crippen LogP contribution in [0.5, 0.6) is 0 Å². The number of benzene rings is 1. The molecule has 0 aromatic heterocycles. The van der Waals surface area contributed by atoms with Crippen molar-refractivity contribution in [3.8, 4) is 0 Å². The maximum absolute atomic E-state index is 12.1. The molecule has 0 aliphatic rings. The summed E-state index contributed by atoms with van der Waals surface area (Å²) in [5.41, 5.74) is 1.61. The van der Waals surface area contributed by atoms with Gasteiger partial charge in [0.05, 0.1) is 11.3 Å². The van der Waals surface area contributed by atoms with Gasteiger partial charge < -0.3 is 15.1 Å². The highest BCUT2D eigenvalue weighted by Gasteiger charge is 2.12. The van der Waals surface area contributed by atoms with E-state index in [-0.39, 0.29) is 5.91 Å². The lowest BCUT2D eigenvalue weighted by Gasteiger charge is -2.18. The van der Waals surface area contributed by atoms with E-state index in [1.807, 2.05) is 56.2 Å². The summed E-state index contributed by atoms with van der Waals surface area (Å²) in [5, 5.41) is 2.92. The molecule has 0 saturated heterocycles. The van der Waals surface area contributed by atoms with Crippen LogP contribution in [0.2, 0.25) is 0 Å². The number of anilines is 1. The Morgan fingerprint density at radius 3 is 2.50 bits per heavy atom. The summed E-state index contributed by atoms with van der Waals surface area (Å²) in [6, 6.07) is 5.67. The van der Waals surface area contributed by atoms with Crippen molar-refractivity contribution in [2.24, 2.45) is 0 Å². The molecular formula is C13H20BrN3O. The first-order chi connectivity index (χ1) is 8.41. The van der Waals surface area contributed by atoms with E-state index >= 15 is 0 Å². The molecule has 0 saturated carbocycles. The number of nitrogens with zero attached hydrogens (tertiary/aromatic N) is 2. The van der Waals surface area contributed by atoms with Gasteiger partial charge in [-0.05, 0) is 32.3 Å². The van der Waals surface area contributed by atoms with Crippen molar-refractivity contribution in [2.75, 3.05) is 46.2 Å². The Morgan fingerprint density at radius 2 is 1.94 bits per heavy atom. The third kappa shape index (κ3) is 4.31. The molecule has 4 nitrogen and oxygen atoms in total. The number of nitrogens with one attached hydrogen (secondary N) is 1. The van der Waals surface area contributed by atoms with Crippen LogP contribution < -0.4 is 10.2 Å². The Balaban J connectivity index is 2.79. The lowest BCUT2D eigenvalue weighted by Crippen LogP contribution is -2.32. The normalized spacial score (nSPS) is 10.6. The Labute approximate surface area is 117 Å². The molecular weight excluding hydrogens is 294 g/mol. The number of halogens is 1. The first-order valence-electron chi connectivity index (χ1n) is 5.81. The third-order valence-corrected chi connectivity index (χ3v) is 3.02. The van der Waals surface area contributed by atoms with Gasteiger partial charge >= 0.3 is 0 Å². The molecule has 5 heteroatoms. The summed E-state index contributed by atoms with van der Waals surface area (Å²) in [4.78, 5) is 16.1. The number of carbonyl (C=O) groups is 1. The van der Waals surface area contributed by atoms with Gasteiger partial charge in [-0.15, -0.1) is 0 Å². The number of amides is 1. The highest BCUT2D eigenvalue weighted by atomic mass is 79.9. The predicted molar refractivity (Wildman–Crippen MR) is 79.4 cm³/mol. The summed E-state index contributed by atoms with van der Waals surface area (Å²) in [7, 11) is 7.82. The monoisotopic (exact) mass is 313 g/mol. The fourth-order valence-electron chi connectivity index (χ4n) is 1.56. The number of hydrogen-bond acceptors (Lipinski definition) is 3. The minimum absolute atomic E-state index is 0.0342. The molecule has 18 heavy (non-hydrogen) atoms. The van der Waals surface area contributed by atoms with Crippen LogP contribution in [0, 0.1) is 0 Å². The van der Waals surface area contributed by atoms with E-state index in [4.69, 9.17) is 0 Å². The molecule has 0 heterocycles. The van der Waals surface area contributed by atoms with E-state index in [9.17, 15) is 4.79 Å². The van der Waals surface area contributed by atoms with Gasteiger partial charge in [0.2, 0.25) is 0 Å². The van der Waals surface area contributed by atoms with E-state index < -0.39 is 0 Å². The molecule has 0 radical (unpaired) electrons. The highest BCUT2D eigenvalue weighted by molar-refractivity contribution is 9.10. The van der Waals surface area contributed by atoms with Crippen molar-refractivity contribution in [2.45, 2.75) is 0 Å². The van der Waals surface area contributed by atoms with E-state index in [0.717, 1.165) is 16.7 Å². The van der Waals surface area contributed by atoms with Gasteiger partial charge in [0.1, 0.15) is 0 Å². The van der Waals surface area contributed by atoms with Gasteiger partial charge in [-0.25, -0.2) is 0 Å². The first kappa shape index (κ1) is 15.0. The number of rotatable bonds is 5. The van der Waals surface area contributed by atoms with Crippen LogP contribution in [0.25, 0.3) is 0 Å². The second kappa shape index (κ2) is 6.75. The van der Waals surface area contributed by atoms with Crippen LogP contribution in [0.1, 0.15) is 10.4 Å². The van der Waals surface area contributed by atoms with E-state index in [1.165, 1.54) is 0 Å². The van der Waals surface area contributed by atoms with E-state index in [1.54, 1.807) is 0 Å². The SMILES string of the molecule is CN(C)CCNC(=O)c1ccc(Br)cc1N(C)C. The Kier molecular flexibility index (Phi) is 5.62. The quantitative estimate of drug-likeness (QED) is 0.900. The zero-order valence-electron chi connectivity index (χ0n) is 11.3. The van der Waals surface area contributed by atoms with E-state index in [2.05, 4.69) is 21.2 Å². The molecule has 0 fully saturated rings. The average molecular weight is 314 g/mol. The second-order valence-electron chi connectivity index (χ2n) is 4.62. The molecule has 1 rings (SSSR count). The second-order valence-corrected chi connectivity index (χ2v) is 5.53. The van der Waals surface area contributed by atoms with Gasteiger partial charge in [-0.1, -0.05) is 15.9 Å². The molecule has 0 spiro atoms. The van der Waals surface area contributed by atoms with Crippen LogP contribution in [-0.4, -0.2) is 52.1 Å². The van der Waals surface area contributed by atoms with Gasteiger partial charge in [0, 0.05) is 31.7 Å². The van der Waals surface area contributed by atoms with Crippen LogP contribution in [0.3, 0.4) is 0 Å². The van der Waals surface area contributed by atoms with Crippen molar-refractivity contribution >= 4 is 27.5 Å². The topological polar surface area (TPSA) is 35.6 Å². The molecule has 1 aromatic carbocycles. The molecule has 1 N–H and O–H groups in total. The third-order valence-electron chi connectivity index (χ3n) is 2.53. The molecule has 0 unspecified atom stereocenters. The van der Waals surface area contributed by atoms with Crippen LogP contribution in [0.15, 0.2) is 22.7 Å². The Morgan fingerprint density at radius 1 is 1.28 bits per heavy atom. The summed E-state index contributed by atoms with van der Waals surface area (Å²) in [6.45, 7) is 1.48. The molecule has 100 valence electrons. The number of hydrogen-bond donors (Lipinski definition) is 1. The van der Waals surface area contributed by atoms with Gasteiger partial charge in [0.25, 0.3) is 5.91 Å². The van der Waals surface area contributed by atoms with Crippen LogP contribution in [-0.2, 0) is 0 Å². The fourth-order valence-corrected chi connectivity index (χ4v) is 1.90. The van der Waals surface area contributed by atoms with Crippen LogP contribution >= 0.6 is 15.9 Å². The van der Waals surface area contributed by atoms with Crippen LogP contribution in [0.4, 0.5) is 5.69 Å². The molecule has 0 aliphatic heterocycles. The van der Waals surface area contributed by atoms with Gasteiger partial charge in [-0.3, -0.25) is 4.79 Å². The maximum atomic E-state index is 12.1. The molecule has 1 aromatic rings. The smallest absolute Gasteiger partial charge is 0.253 e. The average Bonchev–Trinajstić information content (AvgIpc) is 2.28. The predicted octanol–water partition coefficient (Wildman–Crippen LogP) is 1.81. The summed E-state index contributed by atoms with van der Waals surface area (Å²) < 4.78 is 0.969. The maximum Gasteiger partial charge on any atom is 0.253 e. The van der Waals surface area contributed by atoms with Crippen molar-refractivity contribution < 1.29 is 4.79 Å². The van der Waals surface area contributed by atoms with Crippen molar-refractivity contribution in [1.82, 2.24) is 10.2 Å². The van der Waals surface area contributed by atoms with Gasteiger partial charge in [-0.2, -0.15) is 0 Å². The molecule has 0 bridgehead atoms. The Bertz CT molecular complexity index is 419. The van der Waals surface area contributed by atoms with Crippen molar-refractivity contribution in [3.05, 3.63) is 28.2 Å². The summed E-state index contributed by atoms with van der Waals surface area (Å²) >= 11 is 3.42. The number of likely N-dealkylation sites (N-methyl/N-ethyl adjacent to an activating group) is 1. The van der Waals surface area contributed by atoms with E-state index in [0.29, 0.717) is 12.1 Å². The van der Waals surface area contributed by atoms with Crippen molar-refractivity contribution in [1.29, 1.82) is 0 Å². The minimum Gasteiger partial charge on any atom is -0.377 e. The zero-order chi connectivity index (χ0) is 13.7. The lowest BCUT2D eigenvalue weighted by atomic mass is 10.1. The van der Waals surface area contributed by atoms with Gasteiger partial charge in [0.15, 0.2) is 0 Å². The molecule has 0 atom stereocenters. The molecule has 0 aliphatic carbocycles. The fraction of sp³-hybridized carbons (Fsp3) is 0.462. The standard InChI is InChI=1S/C13H20BrN3O/c1-16(2)8-7-15-13(18)11-6-5-10(14)9-12(11)17(3)4/h5-6,9H,7-8H2,1-4H3,(H,15,18). The highest BCUT2D eigenvalue weighted by Crippen LogP contribution is 2.23. The number of carbonyl (C=O) groups excluding carboxylic acids is 1.